The van der Waals surface area contributed by atoms with Crippen LogP contribution in [-0.2, 0) is 6.42 Å². The number of pyridine rings is 1. The fourth-order valence-corrected chi connectivity index (χ4v) is 2.17. The minimum Gasteiger partial charge on any atom is -0.306 e. The van der Waals surface area contributed by atoms with Gasteiger partial charge in [0.15, 0.2) is 0 Å². The Morgan fingerprint density at radius 1 is 1.38 bits per heavy atom. The third-order valence-electron chi connectivity index (χ3n) is 2.66. The maximum Gasteiger partial charge on any atom is 0.0706 e. The molecule has 16 heavy (non-hydrogen) atoms. The van der Waals surface area contributed by atoms with Crippen LogP contribution in [0.3, 0.4) is 0 Å². The Labute approximate surface area is 104 Å². The first-order valence-electron chi connectivity index (χ1n) is 5.16. The number of fused-ring (bicyclic) bond motifs is 1. The second kappa shape index (κ2) is 4.93. The average Bonchev–Trinajstić information content (AvgIpc) is 2.36. The minimum atomic E-state index is 1.01. The molecule has 2 aromatic rings. The van der Waals surface area contributed by atoms with Gasteiger partial charge in [0.1, 0.15) is 0 Å². The third kappa shape index (κ3) is 2.11. The molecule has 0 aliphatic heterocycles. The van der Waals surface area contributed by atoms with Crippen molar-refractivity contribution in [3.8, 4) is 0 Å². The van der Waals surface area contributed by atoms with Crippen LogP contribution in [-0.4, -0.2) is 12.0 Å². The van der Waals surface area contributed by atoms with E-state index in [9.17, 15) is 0 Å². The van der Waals surface area contributed by atoms with Gasteiger partial charge >= 0.3 is 0 Å². The van der Waals surface area contributed by atoms with Crippen molar-refractivity contribution in [2.24, 2.45) is 0 Å². The highest BCUT2D eigenvalue weighted by Gasteiger charge is 2.04. The Morgan fingerprint density at radius 3 is 2.88 bits per heavy atom. The highest BCUT2D eigenvalue weighted by molar-refractivity contribution is 8.22. The highest BCUT2D eigenvalue weighted by Crippen LogP contribution is 2.27. The van der Waals surface area contributed by atoms with Gasteiger partial charge in [0.05, 0.1) is 16.7 Å². The van der Waals surface area contributed by atoms with Crippen LogP contribution < -0.4 is 4.31 Å². The molecular weight excluding hydrogens is 240 g/mol. The Morgan fingerprint density at radius 2 is 2.19 bits per heavy atom. The van der Waals surface area contributed by atoms with Gasteiger partial charge < -0.3 is 4.31 Å². The number of benzene rings is 1. The van der Waals surface area contributed by atoms with Crippen molar-refractivity contribution in [3.63, 3.8) is 0 Å². The molecular formula is C12H13ClN2S. The molecule has 0 saturated carbocycles. The first-order valence-corrected chi connectivity index (χ1v) is 6.76. The lowest BCUT2D eigenvalue weighted by molar-refractivity contribution is 1.15. The van der Waals surface area contributed by atoms with Crippen molar-refractivity contribution >= 4 is 38.4 Å². The van der Waals surface area contributed by atoms with Crippen LogP contribution in [0.1, 0.15) is 12.5 Å². The average molecular weight is 253 g/mol. The molecule has 0 amide bonds. The van der Waals surface area contributed by atoms with Crippen molar-refractivity contribution in [2.45, 2.75) is 13.3 Å². The number of rotatable bonds is 3. The molecule has 4 heteroatoms. The Hall–Kier alpha value is -0.930. The van der Waals surface area contributed by atoms with Crippen molar-refractivity contribution in [1.82, 2.24) is 4.98 Å². The molecule has 0 radical (unpaired) electrons. The van der Waals surface area contributed by atoms with E-state index in [4.69, 9.17) is 10.7 Å². The number of nitrogens with zero attached hydrogens (tertiary/aromatic N) is 2. The summed E-state index contributed by atoms with van der Waals surface area (Å²) in [5, 5.41) is 1.21. The molecule has 0 N–H and O–H groups in total. The largest absolute Gasteiger partial charge is 0.306 e. The summed E-state index contributed by atoms with van der Waals surface area (Å²) in [4.78, 5) is 4.36. The summed E-state index contributed by atoms with van der Waals surface area (Å²) in [6, 6.07) is 8.27. The summed E-state index contributed by atoms with van der Waals surface area (Å²) in [6.45, 7) is 2.15. The second-order valence-electron chi connectivity index (χ2n) is 3.59. The molecule has 0 bridgehead atoms. The quantitative estimate of drug-likeness (QED) is 0.767. The van der Waals surface area contributed by atoms with E-state index in [0.717, 1.165) is 17.6 Å². The van der Waals surface area contributed by atoms with Gasteiger partial charge in [-0.3, -0.25) is 4.98 Å². The summed E-state index contributed by atoms with van der Waals surface area (Å²) < 4.78 is 1.92. The van der Waals surface area contributed by atoms with Crippen LogP contribution in [0.25, 0.3) is 10.9 Å². The first-order chi connectivity index (χ1) is 7.76. The van der Waals surface area contributed by atoms with Crippen molar-refractivity contribution in [3.05, 3.63) is 36.0 Å². The van der Waals surface area contributed by atoms with E-state index >= 15 is 0 Å². The maximum atomic E-state index is 5.74. The third-order valence-corrected chi connectivity index (χ3v) is 3.70. The van der Waals surface area contributed by atoms with Gasteiger partial charge in [-0.05, 0) is 46.9 Å². The number of hydrogen-bond donors (Lipinski definition) is 0. The number of aromatic nitrogens is 1. The molecule has 0 unspecified atom stereocenters. The molecule has 1 aromatic heterocycles. The molecule has 0 saturated heterocycles. The van der Waals surface area contributed by atoms with Crippen LogP contribution >= 0.6 is 21.8 Å². The second-order valence-corrected chi connectivity index (χ2v) is 4.69. The van der Waals surface area contributed by atoms with E-state index < -0.39 is 0 Å². The fraction of sp³-hybridized carbons (Fsp3) is 0.250. The lowest BCUT2D eigenvalue weighted by Gasteiger charge is -2.14. The molecule has 0 fully saturated rings. The van der Waals surface area contributed by atoms with Gasteiger partial charge in [0, 0.05) is 24.3 Å². The molecule has 0 aliphatic rings. The SMILES string of the molecule is CCc1ccnc2ccc(N(C)SCl)cc12. The molecule has 0 spiro atoms. The normalized spacial score (nSPS) is 10.7. The van der Waals surface area contributed by atoms with E-state index in [-0.39, 0.29) is 0 Å². The molecule has 2 rings (SSSR count). The van der Waals surface area contributed by atoms with Crippen LogP contribution in [0.4, 0.5) is 5.69 Å². The molecule has 2 nitrogen and oxygen atoms in total. The van der Waals surface area contributed by atoms with E-state index in [1.165, 1.54) is 22.1 Å². The number of anilines is 1. The van der Waals surface area contributed by atoms with Crippen molar-refractivity contribution < 1.29 is 0 Å². The van der Waals surface area contributed by atoms with E-state index in [0.29, 0.717) is 0 Å². The van der Waals surface area contributed by atoms with Crippen LogP contribution in [0.2, 0.25) is 0 Å². The smallest absolute Gasteiger partial charge is 0.0706 e. The van der Waals surface area contributed by atoms with Gasteiger partial charge in [-0.2, -0.15) is 0 Å². The van der Waals surface area contributed by atoms with Crippen molar-refractivity contribution in [1.29, 1.82) is 0 Å². The summed E-state index contributed by atoms with van der Waals surface area (Å²) in [5.74, 6) is 0. The molecule has 0 atom stereocenters. The Kier molecular flexibility index (Phi) is 3.56. The van der Waals surface area contributed by atoms with E-state index in [1.54, 1.807) is 0 Å². The lowest BCUT2D eigenvalue weighted by atomic mass is 10.1. The summed E-state index contributed by atoms with van der Waals surface area (Å²) in [6.07, 6.45) is 2.88. The summed E-state index contributed by atoms with van der Waals surface area (Å²) in [7, 11) is 7.68. The number of hydrogen-bond acceptors (Lipinski definition) is 3. The molecule has 84 valence electrons. The van der Waals surface area contributed by atoms with Crippen molar-refractivity contribution in [2.75, 3.05) is 11.4 Å². The van der Waals surface area contributed by atoms with Gasteiger partial charge in [0.25, 0.3) is 0 Å². The number of halogens is 1. The zero-order chi connectivity index (χ0) is 11.5. The fourth-order valence-electron chi connectivity index (χ4n) is 1.74. The summed E-state index contributed by atoms with van der Waals surface area (Å²) >= 11 is 1.19. The van der Waals surface area contributed by atoms with E-state index in [1.807, 2.05) is 29.7 Å². The van der Waals surface area contributed by atoms with Gasteiger partial charge in [-0.15, -0.1) is 0 Å². The Bertz CT molecular complexity index is 501. The maximum absolute atomic E-state index is 5.74. The molecule has 1 heterocycles. The van der Waals surface area contributed by atoms with Crippen LogP contribution in [0.15, 0.2) is 30.5 Å². The van der Waals surface area contributed by atoms with Gasteiger partial charge in [-0.1, -0.05) is 6.92 Å². The van der Waals surface area contributed by atoms with Gasteiger partial charge in [-0.25, -0.2) is 0 Å². The molecule has 1 aromatic carbocycles. The van der Waals surface area contributed by atoms with Crippen LogP contribution in [0.5, 0.6) is 0 Å². The predicted molar refractivity (Wildman–Crippen MR) is 73.0 cm³/mol. The zero-order valence-electron chi connectivity index (χ0n) is 9.27. The standard InChI is InChI=1S/C12H13ClN2S/c1-3-9-6-7-14-12-5-4-10(8-11(9)12)15(2)16-13/h4-8H,3H2,1-2H3. The zero-order valence-corrected chi connectivity index (χ0v) is 10.8. The van der Waals surface area contributed by atoms with E-state index in [2.05, 4.69) is 24.0 Å². The van der Waals surface area contributed by atoms with Gasteiger partial charge in [0.2, 0.25) is 0 Å². The lowest BCUT2D eigenvalue weighted by Crippen LogP contribution is -2.03. The Balaban J connectivity index is 2.59. The number of aryl methyl sites for hydroxylation is 1. The minimum absolute atomic E-state index is 1.01. The van der Waals surface area contributed by atoms with Crippen LogP contribution in [0, 0.1) is 0 Å². The summed E-state index contributed by atoms with van der Waals surface area (Å²) in [5.41, 5.74) is 3.45. The predicted octanol–water partition coefficient (Wildman–Crippen LogP) is 4.04. The monoisotopic (exact) mass is 252 g/mol. The highest BCUT2D eigenvalue weighted by atomic mass is 35.7. The first kappa shape index (κ1) is 11.6. The molecule has 0 aliphatic carbocycles. The topological polar surface area (TPSA) is 16.1 Å².